The summed E-state index contributed by atoms with van der Waals surface area (Å²) < 4.78 is 3.83. The molecule has 0 aliphatic carbocycles. The first-order valence-corrected chi connectivity index (χ1v) is 7.11. The third-order valence-electron chi connectivity index (χ3n) is 2.83. The maximum atomic E-state index is 4.38. The Morgan fingerprint density at radius 1 is 1.33 bits per heavy atom. The van der Waals surface area contributed by atoms with E-state index in [0.29, 0.717) is 6.54 Å². The molecule has 2 aromatic heterocycles. The summed E-state index contributed by atoms with van der Waals surface area (Å²) in [6.07, 6.45) is 1.80. The molecule has 96 valence electrons. The highest BCUT2D eigenvalue weighted by Gasteiger charge is 2.10. The van der Waals surface area contributed by atoms with Crippen molar-refractivity contribution in [3.8, 4) is 0 Å². The Morgan fingerprint density at radius 3 is 2.61 bits per heavy atom. The molecule has 4 nitrogen and oxygen atoms in total. The fourth-order valence-corrected chi connectivity index (χ4v) is 2.90. The summed E-state index contributed by atoms with van der Waals surface area (Å²) in [6, 6.07) is 1.99. The van der Waals surface area contributed by atoms with Crippen molar-refractivity contribution in [2.24, 2.45) is 7.05 Å². The largest absolute Gasteiger partial charge is 0.376 e. The van der Waals surface area contributed by atoms with Crippen LogP contribution in [0.1, 0.15) is 17.1 Å². The second kappa shape index (κ2) is 5.40. The smallest absolute Gasteiger partial charge is 0.0827 e. The number of rotatable bonds is 3. The van der Waals surface area contributed by atoms with E-state index in [0.717, 1.165) is 31.7 Å². The van der Waals surface area contributed by atoms with E-state index in [1.807, 2.05) is 31.6 Å². The van der Waals surface area contributed by atoms with Gasteiger partial charge in [-0.2, -0.15) is 5.10 Å². The molecule has 0 amide bonds. The lowest BCUT2D eigenvalue weighted by Crippen LogP contribution is -2.04. The highest BCUT2D eigenvalue weighted by Crippen LogP contribution is 2.23. The molecule has 0 saturated heterocycles. The predicted octanol–water partition coefficient (Wildman–Crippen LogP) is 3.57. The zero-order valence-corrected chi connectivity index (χ0v) is 13.6. The molecule has 0 saturated carbocycles. The van der Waals surface area contributed by atoms with E-state index in [-0.39, 0.29) is 0 Å². The summed E-state index contributed by atoms with van der Waals surface area (Å²) in [5, 5.41) is 7.76. The lowest BCUT2D eigenvalue weighted by atomic mass is 10.3. The number of anilines is 1. The number of pyridine rings is 1. The number of halogens is 2. The number of aromatic nitrogens is 3. The topological polar surface area (TPSA) is 42.7 Å². The van der Waals surface area contributed by atoms with Crippen molar-refractivity contribution in [1.29, 1.82) is 0 Å². The van der Waals surface area contributed by atoms with Gasteiger partial charge in [0.05, 0.1) is 29.3 Å². The zero-order chi connectivity index (χ0) is 13.3. The molecule has 0 bridgehead atoms. The lowest BCUT2D eigenvalue weighted by Gasteiger charge is -2.08. The van der Waals surface area contributed by atoms with Crippen LogP contribution in [0.4, 0.5) is 5.69 Å². The van der Waals surface area contributed by atoms with E-state index >= 15 is 0 Å². The Kier molecular flexibility index (Phi) is 4.07. The Morgan fingerprint density at radius 2 is 2.06 bits per heavy atom. The van der Waals surface area contributed by atoms with Crippen molar-refractivity contribution in [2.75, 3.05) is 5.32 Å². The minimum absolute atomic E-state index is 0.668. The van der Waals surface area contributed by atoms with Crippen molar-refractivity contribution in [3.05, 3.63) is 38.3 Å². The molecule has 0 unspecified atom stereocenters. The Balaban J connectivity index is 2.16. The van der Waals surface area contributed by atoms with E-state index in [1.165, 1.54) is 0 Å². The first-order chi connectivity index (χ1) is 8.49. The van der Waals surface area contributed by atoms with Crippen LogP contribution in [0.15, 0.2) is 21.2 Å². The van der Waals surface area contributed by atoms with Gasteiger partial charge in [0, 0.05) is 22.2 Å². The van der Waals surface area contributed by atoms with Gasteiger partial charge in [-0.1, -0.05) is 0 Å². The molecule has 0 aromatic carbocycles. The third-order valence-corrected chi connectivity index (χ3v) is 3.95. The molecule has 0 aliphatic heterocycles. The average Bonchev–Trinajstić information content (AvgIpc) is 2.53. The maximum Gasteiger partial charge on any atom is 0.0827 e. The van der Waals surface area contributed by atoms with Gasteiger partial charge >= 0.3 is 0 Å². The quantitative estimate of drug-likeness (QED) is 0.894. The number of hydrogen-bond acceptors (Lipinski definition) is 3. The van der Waals surface area contributed by atoms with Gasteiger partial charge in [0.2, 0.25) is 0 Å². The van der Waals surface area contributed by atoms with Gasteiger partial charge in [-0.15, -0.1) is 0 Å². The zero-order valence-electron chi connectivity index (χ0n) is 10.5. The van der Waals surface area contributed by atoms with Crippen molar-refractivity contribution in [2.45, 2.75) is 20.4 Å². The van der Waals surface area contributed by atoms with Gasteiger partial charge in [0.1, 0.15) is 0 Å². The van der Waals surface area contributed by atoms with Crippen LogP contribution in [0.25, 0.3) is 0 Å². The van der Waals surface area contributed by atoms with Crippen molar-refractivity contribution in [1.82, 2.24) is 14.8 Å². The summed E-state index contributed by atoms with van der Waals surface area (Å²) in [7, 11) is 1.95. The summed E-state index contributed by atoms with van der Waals surface area (Å²) in [5.74, 6) is 0. The highest BCUT2D eigenvalue weighted by molar-refractivity contribution is 9.11. The molecule has 0 radical (unpaired) electrons. The van der Waals surface area contributed by atoms with Gasteiger partial charge < -0.3 is 5.32 Å². The van der Waals surface area contributed by atoms with Crippen LogP contribution in [0.5, 0.6) is 0 Å². The van der Waals surface area contributed by atoms with Crippen molar-refractivity contribution < 1.29 is 0 Å². The van der Waals surface area contributed by atoms with Gasteiger partial charge in [-0.25, -0.2) is 0 Å². The van der Waals surface area contributed by atoms with Gasteiger partial charge in [0.25, 0.3) is 0 Å². The van der Waals surface area contributed by atoms with Crippen LogP contribution in [-0.4, -0.2) is 14.8 Å². The first kappa shape index (κ1) is 13.5. The van der Waals surface area contributed by atoms with Crippen LogP contribution < -0.4 is 5.32 Å². The predicted molar refractivity (Wildman–Crippen MR) is 79.6 cm³/mol. The normalized spacial score (nSPS) is 10.7. The summed E-state index contributed by atoms with van der Waals surface area (Å²) in [5.41, 5.74) is 4.18. The highest BCUT2D eigenvalue weighted by atomic mass is 79.9. The summed E-state index contributed by atoms with van der Waals surface area (Å²) in [6.45, 7) is 4.72. The Bertz CT molecular complexity index is 578. The Hall–Kier alpha value is -0.880. The van der Waals surface area contributed by atoms with E-state index in [9.17, 15) is 0 Å². The first-order valence-electron chi connectivity index (χ1n) is 5.53. The number of nitrogens with zero attached hydrogens (tertiary/aromatic N) is 3. The molecule has 1 N–H and O–H groups in total. The lowest BCUT2D eigenvalue weighted by molar-refractivity contribution is 0.731. The fraction of sp³-hybridized carbons (Fsp3) is 0.333. The molecule has 2 aromatic rings. The van der Waals surface area contributed by atoms with Gasteiger partial charge in [-0.3, -0.25) is 9.67 Å². The minimum atomic E-state index is 0.668. The van der Waals surface area contributed by atoms with Crippen molar-refractivity contribution in [3.63, 3.8) is 0 Å². The second-order valence-corrected chi connectivity index (χ2v) is 5.88. The van der Waals surface area contributed by atoms with Crippen LogP contribution >= 0.6 is 31.9 Å². The van der Waals surface area contributed by atoms with E-state index in [2.05, 4.69) is 47.3 Å². The molecular formula is C12H14Br2N4. The molecule has 6 heteroatoms. The standard InChI is InChI=1S/C12H14Br2N4/c1-7-12(8(2)18(3)17-7)16-6-11-10(14)4-9(13)5-15-11/h4-5,16H,6H2,1-3H3. The van der Waals surface area contributed by atoms with E-state index in [1.54, 1.807) is 6.20 Å². The van der Waals surface area contributed by atoms with Crippen LogP contribution in [0.2, 0.25) is 0 Å². The molecule has 0 spiro atoms. The third kappa shape index (κ3) is 2.75. The number of nitrogens with one attached hydrogen (secondary N) is 1. The minimum Gasteiger partial charge on any atom is -0.376 e. The maximum absolute atomic E-state index is 4.38. The molecule has 0 aliphatic rings. The van der Waals surface area contributed by atoms with E-state index in [4.69, 9.17) is 0 Å². The van der Waals surface area contributed by atoms with Crippen LogP contribution in [0.3, 0.4) is 0 Å². The molecule has 0 fully saturated rings. The molecule has 2 heterocycles. The number of aryl methyl sites for hydroxylation is 2. The summed E-state index contributed by atoms with van der Waals surface area (Å²) >= 11 is 6.90. The van der Waals surface area contributed by atoms with Gasteiger partial charge in [-0.05, 0) is 51.8 Å². The van der Waals surface area contributed by atoms with Crippen LogP contribution in [-0.2, 0) is 13.6 Å². The Labute approximate surface area is 123 Å². The molecule has 18 heavy (non-hydrogen) atoms. The monoisotopic (exact) mass is 372 g/mol. The van der Waals surface area contributed by atoms with Gasteiger partial charge in [0.15, 0.2) is 0 Å². The molecule has 0 atom stereocenters. The van der Waals surface area contributed by atoms with Crippen LogP contribution in [0, 0.1) is 13.8 Å². The second-order valence-electron chi connectivity index (χ2n) is 4.11. The number of hydrogen-bond donors (Lipinski definition) is 1. The molecule has 2 rings (SSSR count). The van der Waals surface area contributed by atoms with E-state index < -0.39 is 0 Å². The summed E-state index contributed by atoms with van der Waals surface area (Å²) in [4.78, 5) is 4.38. The SMILES string of the molecule is Cc1nn(C)c(C)c1NCc1ncc(Br)cc1Br. The fourth-order valence-electron chi connectivity index (χ4n) is 1.77. The molecular weight excluding hydrogens is 360 g/mol. The average molecular weight is 374 g/mol. The van der Waals surface area contributed by atoms with Crippen molar-refractivity contribution >= 4 is 37.5 Å².